The Hall–Kier alpha value is -4.59. The molecule has 3 aliphatic rings. The Balaban J connectivity index is 0.000000150. The SMILES string of the molecule is CC[C@@H]1CN2CCC1C[C@H]2[C@H](O)c1ccnc2ccc(OC)cc12.Cc1cc(Oc2cc(C)c3ccccc3n2)nc2ccccc12. The zero-order valence-corrected chi connectivity index (χ0v) is 27.6. The van der Waals surface area contributed by atoms with E-state index in [9.17, 15) is 5.11 Å². The molecule has 240 valence electrons. The fourth-order valence-electron chi connectivity index (χ4n) is 7.56. The lowest BCUT2D eigenvalue weighted by atomic mass is 9.72. The number of piperidine rings is 3. The Morgan fingerprint density at radius 2 is 1.49 bits per heavy atom. The Bertz CT molecular complexity index is 1960. The number of para-hydroxylation sites is 2. The summed E-state index contributed by atoms with van der Waals surface area (Å²) in [6, 6.07) is 28.1. The first-order valence-corrected chi connectivity index (χ1v) is 16.7. The molecule has 6 aromatic rings. The van der Waals surface area contributed by atoms with Crippen LogP contribution >= 0.6 is 0 Å². The summed E-state index contributed by atoms with van der Waals surface area (Å²) < 4.78 is 11.3. The van der Waals surface area contributed by atoms with E-state index < -0.39 is 6.10 Å². The first-order valence-electron chi connectivity index (χ1n) is 16.7. The molecule has 5 atom stereocenters. The molecule has 47 heavy (non-hydrogen) atoms. The minimum Gasteiger partial charge on any atom is -0.497 e. The maximum atomic E-state index is 11.2. The molecule has 7 heteroatoms. The van der Waals surface area contributed by atoms with Crippen LogP contribution in [0.25, 0.3) is 32.7 Å². The van der Waals surface area contributed by atoms with Gasteiger partial charge in [0, 0.05) is 47.1 Å². The number of benzene rings is 3. The highest BCUT2D eigenvalue weighted by atomic mass is 16.5. The highest BCUT2D eigenvalue weighted by molar-refractivity contribution is 5.85. The second-order valence-electron chi connectivity index (χ2n) is 12.9. The van der Waals surface area contributed by atoms with Crippen LogP contribution in [0.4, 0.5) is 0 Å². The Morgan fingerprint density at radius 3 is 2.09 bits per heavy atom. The lowest BCUT2D eigenvalue weighted by Gasteiger charge is -2.51. The standard InChI is InChI=1S/C20H26N2O2.C20H16N2O/c1-3-13-12-22-9-7-14(13)10-19(22)20(23)16-6-8-21-18-5-4-15(24-2)11-17(16)18;1-13-11-19(21-17-9-5-3-7-15(13)17)23-20-12-14(2)16-8-4-6-10-18(16)22-20/h4-6,8,11,13-14,19-20,23H,3,7,9-10,12H2,1-2H3;3-12H,1-2H3/t13-,14?,19+,20-;/m1./s1. The third-order valence-corrected chi connectivity index (χ3v) is 10.1. The molecule has 0 aliphatic carbocycles. The maximum absolute atomic E-state index is 11.2. The van der Waals surface area contributed by atoms with Gasteiger partial charge in [-0.05, 0) is 98.2 Å². The fourth-order valence-corrected chi connectivity index (χ4v) is 7.56. The molecule has 2 bridgehead atoms. The van der Waals surface area contributed by atoms with Crippen molar-refractivity contribution in [3.8, 4) is 17.5 Å². The Kier molecular flexibility index (Phi) is 8.76. The van der Waals surface area contributed by atoms with E-state index in [1.54, 1.807) is 13.3 Å². The van der Waals surface area contributed by atoms with Crippen LogP contribution in [0.5, 0.6) is 17.5 Å². The lowest BCUT2D eigenvalue weighted by molar-refractivity contribution is -0.0562. The monoisotopic (exact) mass is 626 g/mol. The van der Waals surface area contributed by atoms with Gasteiger partial charge in [-0.25, -0.2) is 9.97 Å². The number of hydrogen-bond acceptors (Lipinski definition) is 7. The second kappa shape index (κ2) is 13.3. The number of aryl methyl sites for hydroxylation is 2. The van der Waals surface area contributed by atoms with E-state index in [-0.39, 0.29) is 6.04 Å². The summed E-state index contributed by atoms with van der Waals surface area (Å²) in [5, 5.41) is 14.5. The van der Waals surface area contributed by atoms with Gasteiger partial charge in [0.15, 0.2) is 0 Å². The molecule has 0 amide bonds. The molecule has 2 unspecified atom stereocenters. The number of ether oxygens (including phenoxy) is 2. The van der Waals surface area contributed by atoms with Crippen molar-refractivity contribution in [1.29, 1.82) is 0 Å². The van der Waals surface area contributed by atoms with E-state index in [2.05, 4.69) is 52.8 Å². The Labute approximate surface area is 276 Å². The third-order valence-electron chi connectivity index (χ3n) is 10.1. The molecular weight excluding hydrogens is 584 g/mol. The lowest BCUT2D eigenvalue weighted by Crippen LogP contribution is -2.55. The molecule has 0 spiro atoms. The minimum absolute atomic E-state index is 0.225. The van der Waals surface area contributed by atoms with Crippen LogP contribution in [0.3, 0.4) is 0 Å². The van der Waals surface area contributed by atoms with E-state index in [0.717, 1.165) is 86.5 Å². The first-order chi connectivity index (χ1) is 22.9. The van der Waals surface area contributed by atoms with Gasteiger partial charge in [-0.3, -0.25) is 9.88 Å². The predicted octanol–water partition coefficient (Wildman–Crippen LogP) is 8.59. The summed E-state index contributed by atoms with van der Waals surface area (Å²) in [4.78, 5) is 16.1. The van der Waals surface area contributed by atoms with Crippen molar-refractivity contribution in [2.45, 2.75) is 52.2 Å². The van der Waals surface area contributed by atoms with E-state index in [0.29, 0.717) is 11.8 Å². The topological polar surface area (TPSA) is 80.6 Å². The summed E-state index contributed by atoms with van der Waals surface area (Å²) in [5.74, 6) is 3.52. The zero-order chi connectivity index (χ0) is 32.5. The van der Waals surface area contributed by atoms with Gasteiger partial charge in [0.2, 0.25) is 11.8 Å². The van der Waals surface area contributed by atoms with Gasteiger partial charge >= 0.3 is 0 Å². The smallest absolute Gasteiger partial charge is 0.222 e. The molecule has 7 nitrogen and oxygen atoms in total. The second-order valence-corrected chi connectivity index (χ2v) is 12.9. The van der Waals surface area contributed by atoms with Gasteiger partial charge in [0.25, 0.3) is 0 Å². The number of aromatic nitrogens is 3. The summed E-state index contributed by atoms with van der Waals surface area (Å²) in [6.07, 6.45) is 4.97. The van der Waals surface area contributed by atoms with Crippen molar-refractivity contribution in [3.05, 3.63) is 108 Å². The molecule has 0 radical (unpaired) electrons. The maximum Gasteiger partial charge on any atom is 0.222 e. The first kappa shape index (κ1) is 31.0. The van der Waals surface area contributed by atoms with Gasteiger partial charge < -0.3 is 14.6 Å². The van der Waals surface area contributed by atoms with Crippen LogP contribution in [0.2, 0.25) is 0 Å². The summed E-state index contributed by atoms with van der Waals surface area (Å²) in [6.45, 7) is 8.68. The number of pyridine rings is 3. The molecule has 0 saturated carbocycles. The number of fused-ring (bicyclic) bond motifs is 6. The van der Waals surface area contributed by atoms with Crippen molar-refractivity contribution in [2.24, 2.45) is 11.8 Å². The van der Waals surface area contributed by atoms with Crippen LogP contribution < -0.4 is 9.47 Å². The van der Waals surface area contributed by atoms with Gasteiger partial charge in [-0.15, -0.1) is 0 Å². The number of hydrogen-bond donors (Lipinski definition) is 1. The van der Waals surface area contributed by atoms with E-state index >= 15 is 0 Å². The fraction of sp³-hybridized carbons (Fsp3) is 0.325. The third kappa shape index (κ3) is 6.25. The van der Waals surface area contributed by atoms with Gasteiger partial charge in [0.05, 0.1) is 29.8 Å². The van der Waals surface area contributed by atoms with Crippen LogP contribution in [0.15, 0.2) is 91.1 Å². The van der Waals surface area contributed by atoms with Crippen LogP contribution in [-0.2, 0) is 0 Å². The summed E-state index contributed by atoms with van der Waals surface area (Å²) in [5.41, 5.74) is 6.03. The molecular formula is C40H42N4O3. The van der Waals surface area contributed by atoms with Crippen molar-refractivity contribution in [3.63, 3.8) is 0 Å². The van der Waals surface area contributed by atoms with Crippen LogP contribution in [0, 0.1) is 25.7 Å². The quantitative estimate of drug-likeness (QED) is 0.198. The largest absolute Gasteiger partial charge is 0.497 e. The minimum atomic E-state index is -0.469. The average molecular weight is 627 g/mol. The predicted molar refractivity (Wildman–Crippen MR) is 188 cm³/mol. The van der Waals surface area contributed by atoms with Crippen LogP contribution in [0.1, 0.15) is 49.0 Å². The van der Waals surface area contributed by atoms with Crippen molar-refractivity contribution in [2.75, 3.05) is 20.2 Å². The van der Waals surface area contributed by atoms with Gasteiger partial charge in [-0.1, -0.05) is 49.7 Å². The normalized spacial score (nSPS) is 21.0. The molecule has 6 heterocycles. The average Bonchev–Trinajstić information content (AvgIpc) is 3.11. The highest BCUT2D eigenvalue weighted by Crippen LogP contribution is 2.43. The zero-order valence-electron chi connectivity index (χ0n) is 27.6. The molecule has 3 aromatic heterocycles. The number of rotatable bonds is 6. The molecule has 1 N–H and O–H groups in total. The molecule has 3 aliphatic heterocycles. The number of nitrogens with zero attached hydrogens (tertiary/aromatic N) is 4. The van der Waals surface area contributed by atoms with Crippen molar-refractivity contribution < 1.29 is 14.6 Å². The number of aliphatic hydroxyl groups is 1. The van der Waals surface area contributed by atoms with Gasteiger partial charge in [-0.2, -0.15) is 0 Å². The number of methoxy groups -OCH3 is 1. The van der Waals surface area contributed by atoms with E-state index in [1.165, 1.54) is 12.8 Å². The molecule has 3 saturated heterocycles. The van der Waals surface area contributed by atoms with E-state index in [1.807, 2.05) is 72.8 Å². The number of aliphatic hydroxyl groups excluding tert-OH is 1. The summed E-state index contributed by atoms with van der Waals surface area (Å²) in [7, 11) is 1.67. The van der Waals surface area contributed by atoms with Gasteiger partial charge in [0.1, 0.15) is 5.75 Å². The van der Waals surface area contributed by atoms with Crippen molar-refractivity contribution >= 4 is 32.7 Å². The summed E-state index contributed by atoms with van der Waals surface area (Å²) >= 11 is 0. The molecule has 3 fully saturated rings. The molecule has 3 aromatic carbocycles. The van der Waals surface area contributed by atoms with E-state index in [4.69, 9.17) is 9.47 Å². The Morgan fingerprint density at radius 1 is 0.830 bits per heavy atom. The van der Waals surface area contributed by atoms with Crippen LogP contribution in [-0.4, -0.2) is 51.2 Å². The highest BCUT2D eigenvalue weighted by Gasteiger charge is 2.42. The molecule has 9 rings (SSSR count). The van der Waals surface area contributed by atoms with Crippen molar-refractivity contribution in [1.82, 2.24) is 19.9 Å².